The normalized spacial score (nSPS) is 20.4. The number of hydrogen-bond acceptors (Lipinski definition) is 6. The molecule has 0 amide bonds. The van der Waals surface area contributed by atoms with E-state index < -0.39 is 0 Å². The topological polar surface area (TPSA) is 72.1 Å². The zero-order valence-corrected chi connectivity index (χ0v) is 17.5. The van der Waals surface area contributed by atoms with Crippen LogP contribution in [0.3, 0.4) is 0 Å². The quantitative estimate of drug-likeness (QED) is 0.643. The Balaban J connectivity index is 1.36. The first-order chi connectivity index (χ1) is 14.6. The predicted octanol–water partition coefficient (Wildman–Crippen LogP) is 1.63. The molecule has 2 aliphatic heterocycles. The van der Waals surface area contributed by atoms with Crippen LogP contribution in [-0.2, 0) is 26.7 Å². The number of piperidine rings is 1. The van der Waals surface area contributed by atoms with Gasteiger partial charge in [-0.25, -0.2) is 4.68 Å². The summed E-state index contributed by atoms with van der Waals surface area (Å²) in [6.45, 7) is 3.91. The third kappa shape index (κ3) is 3.52. The first kappa shape index (κ1) is 19.0. The van der Waals surface area contributed by atoms with E-state index in [9.17, 15) is 4.79 Å². The van der Waals surface area contributed by atoms with Crippen LogP contribution in [0.5, 0.6) is 0 Å². The molecule has 30 heavy (non-hydrogen) atoms. The van der Waals surface area contributed by atoms with E-state index in [1.807, 2.05) is 47.6 Å². The van der Waals surface area contributed by atoms with Crippen LogP contribution >= 0.6 is 0 Å². The van der Waals surface area contributed by atoms with Gasteiger partial charge in [-0.1, -0.05) is 12.1 Å². The number of hydrogen-bond donors (Lipinski definition) is 0. The maximum Gasteiger partial charge on any atom is 0.255 e. The number of nitrogens with zero attached hydrogens (tertiary/aromatic N) is 7. The lowest BCUT2D eigenvalue weighted by Crippen LogP contribution is -2.48. The predicted molar refractivity (Wildman–Crippen MR) is 114 cm³/mol. The molecule has 1 fully saturated rings. The number of anilines is 1. The lowest BCUT2D eigenvalue weighted by Gasteiger charge is -2.43. The smallest absolute Gasteiger partial charge is 0.255 e. The zero-order chi connectivity index (χ0) is 20.7. The molecule has 1 saturated heterocycles. The van der Waals surface area contributed by atoms with Crippen molar-refractivity contribution in [3.8, 4) is 0 Å². The highest BCUT2D eigenvalue weighted by Gasteiger charge is 2.36. The fraction of sp³-hybridized carbons (Fsp3) is 0.455. The van der Waals surface area contributed by atoms with Gasteiger partial charge in [0.1, 0.15) is 6.33 Å². The van der Waals surface area contributed by atoms with Crippen LogP contribution in [0.15, 0.2) is 47.7 Å². The van der Waals surface area contributed by atoms with Gasteiger partial charge in [-0.2, -0.15) is 10.1 Å². The van der Waals surface area contributed by atoms with E-state index in [1.165, 1.54) is 0 Å². The summed E-state index contributed by atoms with van der Waals surface area (Å²) in [4.78, 5) is 26.5. The third-order valence-corrected chi connectivity index (χ3v) is 6.25. The summed E-state index contributed by atoms with van der Waals surface area (Å²) in [5.74, 6) is 1.71. The van der Waals surface area contributed by atoms with Gasteiger partial charge in [-0.05, 0) is 37.6 Å². The molecule has 0 saturated carbocycles. The number of aromatic nitrogens is 5. The van der Waals surface area contributed by atoms with E-state index in [4.69, 9.17) is 0 Å². The fourth-order valence-corrected chi connectivity index (χ4v) is 4.97. The Morgan fingerprint density at radius 3 is 2.77 bits per heavy atom. The van der Waals surface area contributed by atoms with Crippen molar-refractivity contribution in [2.45, 2.75) is 32.0 Å². The molecule has 0 unspecified atom stereocenters. The van der Waals surface area contributed by atoms with Crippen molar-refractivity contribution in [3.05, 3.63) is 70.2 Å². The molecule has 2 aliphatic rings. The summed E-state index contributed by atoms with van der Waals surface area (Å²) in [5, 5.41) is 4.21. The van der Waals surface area contributed by atoms with Gasteiger partial charge in [0.2, 0.25) is 5.95 Å². The molecule has 0 radical (unpaired) electrons. The molecular formula is C22H27N7O. The molecular weight excluding hydrogens is 378 g/mol. The number of aryl methyl sites for hydroxylation is 1. The third-order valence-electron chi connectivity index (χ3n) is 6.25. The Hall–Kier alpha value is -3.00. The van der Waals surface area contributed by atoms with Crippen molar-refractivity contribution in [1.82, 2.24) is 29.2 Å². The second kappa shape index (κ2) is 7.68. The molecule has 3 aromatic heterocycles. The Morgan fingerprint density at radius 2 is 2.00 bits per heavy atom. The number of pyridine rings is 2. The van der Waals surface area contributed by atoms with Crippen LogP contribution in [0, 0.1) is 5.92 Å². The molecule has 8 nitrogen and oxygen atoms in total. The second-order valence-electron chi connectivity index (χ2n) is 8.58. The molecule has 0 N–H and O–H groups in total. The van der Waals surface area contributed by atoms with Crippen LogP contribution in [0.25, 0.3) is 0 Å². The minimum atomic E-state index is 0.155. The largest absolute Gasteiger partial charge is 0.340 e. The molecule has 5 rings (SSSR count). The van der Waals surface area contributed by atoms with Crippen LogP contribution in [-0.4, -0.2) is 49.4 Å². The van der Waals surface area contributed by atoms with E-state index in [0.29, 0.717) is 18.4 Å². The minimum Gasteiger partial charge on any atom is -0.340 e. The van der Waals surface area contributed by atoms with E-state index in [0.717, 1.165) is 55.5 Å². The highest BCUT2D eigenvalue weighted by Crippen LogP contribution is 2.36. The van der Waals surface area contributed by atoms with E-state index in [1.54, 1.807) is 12.5 Å². The lowest BCUT2D eigenvalue weighted by atomic mass is 9.83. The Labute approximate surface area is 175 Å². The summed E-state index contributed by atoms with van der Waals surface area (Å²) in [6, 6.07) is 10.1. The summed E-state index contributed by atoms with van der Waals surface area (Å²) < 4.78 is 3.85. The van der Waals surface area contributed by atoms with Crippen LogP contribution in [0.2, 0.25) is 0 Å². The minimum absolute atomic E-state index is 0.155. The van der Waals surface area contributed by atoms with Gasteiger partial charge in [0.05, 0.1) is 5.69 Å². The molecule has 2 atom stereocenters. The molecule has 5 heterocycles. The Morgan fingerprint density at radius 1 is 1.10 bits per heavy atom. The standard InChI is InChI=1S/C22H27N7O/c1-26(14-19-5-3-4-8-23-19)12-17-6-7-20-18-9-16(11-29(20)21(17)30)10-28(13-18)22-24-15-25-27(22)2/h3-8,15-16,18H,9-14H2,1-2H3/t16-,18+/m0/s1. The molecule has 156 valence electrons. The number of rotatable bonds is 5. The average molecular weight is 406 g/mol. The zero-order valence-electron chi connectivity index (χ0n) is 17.5. The van der Waals surface area contributed by atoms with Gasteiger partial charge >= 0.3 is 0 Å². The molecule has 8 heteroatoms. The summed E-state index contributed by atoms with van der Waals surface area (Å²) in [5.41, 5.74) is 3.17. The van der Waals surface area contributed by atoms with E-state index >= 15 is 0 Å². The highest BCUT2D eigenvalue weighted by molar-refractivity contribution is 5.34. The van der Waals surface area contributed by atoms with Gasteiger partial charge in [-0.15, -0.1) is 0 Å². The molecule has 2 bridgehead atoms. The monoisotopic (exact) mass is 405 g/mol. The number of fused-ring (bicyclic) bond motifs is 4. The summed E-state index contributed by atoms with van der Waals surface area (Å²) >= 11 is 0. The van der Waals surface area contributed by atoms with Gasteiger partial charge in [-0.3, -0.25) is 14.7 Å². The highest BCUT2D eigenvalue weighted by atomic mass is 16.1. The van der Waals surface area contributed by atoms with Crippen molar-refractivity contribution in [2.75, 3.05) is 25.0 Å². The van der Waals surface area contributed by atoms with Gasteiger partial charge in [0.25, 0.3) is 5.56 Å². The average Bonchev–Trinajstić information content (AvgIpc) is 3.17. The maximum absolute atomic E-state index is 13.3. The first-order valence-corrected chi connectivity index (χ1v) is 10.5. The van der Waals surface area contributed by atoms with Gasteiger partial charge in [0, 0.05) is 63.1 Å². The lowest BCUT2D eigenvalue weighted by molar-refractivity contribution is 0.274. The van der Waals surface area contributed by atoms with Crippen molar-refractivity contribution in [3.63, 3.8) is 0 Å². The summed E-state index contributed by atoms with van der Waals surface area (Å²) in [7, 11) is 3.96. The van der Waals surface area contributed by atoms with Gasteiger partial charge < -0.3 is 9.47 Å². The summed E-state index contributed by atoms with van der Waals surface area (Å²) in [6.07, 6.45) is 4.54. The van der Waals surface area contributed by atoms with Crippen molar-refractivity contribution in [1.29, 1.82) is 0 Å². The van der Waals surface area contributed by atoms with Crippen molar-refractivity contribution in [2.24, 2.45) is 13.0 Å². The fourth-order valence-electron chi connectivity index (χ4n) is 4.97. The molecule has 0 aromatic carbocycles. The van der Waals surface area contributed by atoms with E-state index in [-0.39, 0.29) is 5.56 Å². The maximum atomic E-state index is 13.3. The SMILES string of the molecule is CN(Cc1ccccn1)Cc1ccc2n(c1=O)C[C@H]1C[C@@H]2CN(c2ncnn2C)C1. The first-order valence-electron chi connectivity index (χ1n) is 10.5. The van der Waals surface area contributed by atoms with Crippen molar-refractivity contribution < 1.29 is 0 Å². The second-order valence-corrected chi connectivity index (χ2v) is 8.58. The van der Waals surface area contributed by atoms with Crippen LogP contribution in [0.1, 0.15) is 29.3 Å². The molecule has 3 aromatic rings. The Kier molecular flexibility index (Phi) is 4.86. The molecule has 0 aliphatic carbocycles. The van der Waals surface area contributed by atoms with Crippen LogP contribution in [0.4, 0.5) is 5.95 Å². The Bertz CT molecular complexity index is 1090. The van der Waals surface area contributed by atoms with Crippen LogP contribution < -0.4 is 10.5 Å². The van der Waals surface area contributed by atoms with Gasteiger partial charge in [0.15, 0.2) is 0 Å². The molecule has 0 spiro atoms. The van der Waals surface area contributed by atoms with Crippen molar-refractivity contribution >= 4 is 5.95 Å². The van der Waals surface area contributed by atoms with E-state index in [2.05, 4.69) is 30.9 Å².